The molecule has 0 aromatic rings. The smallest absolute Gasteiger partial charge is 0.390 e. The van der Waals surface area contributed by atoms with Crippen molar-refractivity contribution in [1.82, 2.24) is 0 Å². The summed E-state index contributed by atoms with van der Waals surface area (Å²) >= 11 is 0. The van der Waals surface area contributed by atoms with Crippen LogP contribution in [0.2, 0.25) is 0 Å². The highest BCUT2D eigenvalue weighted by molar-refractivity contribution is 7.46. The molecule has 0 fully saturated rings. The third-order valence-corrected chi connectivity index (χ3v) is 1.62. The second-order valence-electron chi connectivity index (χ2n) is 2.59. The topological polar surface area (TPSA) is 87.0 Å². The first kappa shape index (κ1) is 11.0. The van der Waals surface area contributed by atoms with Gasteiger partial charge in [-0.15, -0.1) is 0 Å². The Balaban J connectivity index is 4.02. The molecule has 11 heavy (non-hydrogen) atoms. The average Bonchev–Trinajstić information content (AvgIpc) is 1.55. The molecule has 3 N–H and O–H groups in total. The standard InChI is InChI=1S/C4H12NO5P/c1-5(2,3-4-6)10-11(7,8)9/h6H,3-4H2,1-2H3,(H-,7,8,9)/p+1. The summed E-state index contributed by atoms with van der Waals surface area (Å²) in [7, 11) is -1.58. The highest BCUT2D eigenvalue weighted by Crippen LogP contribution is 2.38. The summed E-state index contributed by atoms with van der Waals surface area (Å²) in [6.07, 6.45) is 0. The number of aliphatic hydroxyl groups is 1. The third-order valence-electron chi connectivity index (χ3n) is 0.966. The molecule has 0 aromatic carbocycles. The summed E-state index contributed by atoms with van der Waals surface area (Å²) in [4.78, 5) is 16.7. The number of rotatable bonds is 4. The lowest BCUT2D eigenvalue weighted by Crippen LogP contribution is -2.40. The lowest BCUT2D eigenvalue weighted by atomic mass is 10.6. The SMILES string of the molecule is C[N+](C)(CCO)OP(=O)(O)O. The van der Waals surface area contributed by atoms with Gasteiger partial charge >= 0.3 is 7.82 Å². The number of aliphatic hydroxyl groups excluding tert-OH is 1. The van der Waals surface area contributed by atoms with E-state index in [0.29, 0.717) is 0 Å². The summed E-state index contributed by atoms with van der Waals surface area (Å²) in [6, 6.07) is 0. The maximum Gasteiger partial charge on any atom is 0.515 e. The van der Waals surface area contributed by atoms with E-state index in [0.717, 1.165) is 0 Å². The van der Waals surface area contributed by atoms with Crippen molar-refractivity contribution in [3.8, 4) is 0 Å². The highest BCUT2D eigenvalue weighted by atomic mass is 31.2. The van der Waals surface area contributed by atoms with E-state index in [1.807, 2.05) is 0 Å². The quantitative estimate of drug-likeness (QED) is 0.300. The zero-order valence-electron chi connectivity index (χ0n) is 6.47. The largest absolute Gasteiger partial charge is 0.515 e. The van der Waals surface area contributed by atoms with Gasteiger partial charge in [0.1, 0.15) is 6.54 Å². The molecule has 0 aliphatic carbocycles. The van der Waals surface area contributed by atoms with Crippen molar-refractivity contribution < 1.29 is 28.7 Å². The Hall–Kier alpha value is 0.0300. The van der Waals surface area contributed by atoms with Crippen molar-refractivity contribution in [2.45, 2.75) is 0 Å². The molecule has 0 saturated heterocycles. The van der Waals surface area contributed by atoms with E-state index in [2.05, 4.69) is 4.62 Å². The minimum Gasteiger partial charge on any atom is -0.390 e. The summed E-state index contributed by atoms with van der Waals surface area (Å²) in [5, 5.41) is 8.45. The van der Waals surface area contributed by atoms with Gasteiger partial charge in [-0.2, -0.15) is 4.65 Å². The fourth-order valence-corrected chi connectivity index (χ4v) is 1.23. The second-order valence-corrected chi connectivity index (χ2v) is 3.74. The van der Waals surface area contributed by atoms with Gasteiger partial charge in [-0.3, -0.25) is 9.79 Å². The molecule has 0 aromatic heterocycles. The van der Waals surface area contributed by atoms with Crippen LogP contribution in [0.3, 0.4) is 0 Å². The van der Waals surface area contributed by atoms with Crippen LogP contribution in [-0.4, -0.2) is 46.8 Å². The lowest BCUT2D eigenvalue weighted by molar-refractivity contribution is -1.05. The maximum absolute atomic E-state index is 10.3. The number of hydrogen-bond acceptors (Lipinski definition) is 3. The van der Waals surface area contributed by atoms with Gasteiger partial charge in [-0.25, -0.2) is 4.57 Å². The van der Waals surface area contributed by atoms with Crippen LogP contribution in [0.4, 0.5) is 0 Å². The molecular formula is C4H13NO5P+. The molecule has 0 atom stereocenters. The molecule has 0 heterocycles. The van der Waals surface area contributed by atoms with E-state index in [4.69, 9.17) is 14.9 Å². The van der Waals surface area contributed by atoms with Crippen molar-refractivity contribution in [1.29, 1.82) is 0 Å². The summed E-state index contributed by atoms with van der Waals surface area (Å²) in [5.41, 5.74) is 0. The summed E-state index contributed by atoms with van der Waals surface area (Å²) < 4.78 is 14.2. The first-order valence-electron chi connectivity index (χ1n) is 2.97. The van der Waals surface area contributed by atoms with Gasteiger partial charge in [0.25, 0.3) is 0 Å². The minimum absolute atomic E-state index is 0.130. The van der Waals surface area contributed by atoms with Gasteiger partial charge in [0, 0.05) is 0 Å². The molecule has 0 unspecified atom stereocenters. The lowest BCUT2D eigenvalue weighted by Gasteiger charge is -2.24. The van der Waals surface area contributed by atoms with Gasteiger partial charge in [-0.05, 0) is 0 Å². The fraction of sp³-hybridized carbons (Fsp3) is 1.00. The van der Waals surface area contributed by atoms with Crippen LogP contribution in [-0.2, 0) is 9.19 Å². The average molecular weight is 186 g/mol. The molecule has 0 rings (SSSR count). The molecule has 68 valence electrons. The van der Waals surface area contributed by atoms with E-state index in [1.54, 1.807) is 0 Å². The van der Waals surface area contributed by atoms with E-state index >= 15 is 0 Å². The molecule has 0 aliphatic rings. The van der Waals surface area contributed by atoms with Gasteiger partial charge in [0.05, 0.1) is 20.7 Å². The molecule has 0 amide bonds. The third kappa shape index (κ3) is 6.43. The number of likely N-dealkylation sites (N-methyl/N-ethyl adjacent to an activating group) is 1. The number of hydrogen-bond donors (Lipinski definition) is 3. The number of nitrogens with zero attached hydrogens (tertiary/aromatic N) is 1. The maximum atomic E-state index is 10.3. The molecule has 6 nitrogen and oxygen atoms in total. The van der Waals surface area contributed by atoms with Crippen LogP contribution < -0.4 is 0 Å². The van der Waals surface area contributed by atoms with Crippen molar-refractivity contribution in [3.63, 3.8) is 0 Å². The molecule has 0 radical (unpaired) electrons. The number of quaternary nitrogens is 1. The van der Waals surface area contributed by atoms with Gasteiger partial charge < -0.3 is 5.11 Å². The number of hydroxylamine groups is 3. The molecule has 0 aliphatic heterocycles. The summed E-state index contributed by atoms with van der Waals surface area (Å²) in [6.45, 7) is -0.0574. The Bertz CT molecular complexity index is 164. The van der Waals surface area contributed by atoms with Crippen LogP contribution in [0.5, 0.6) is 0 Å². The van der Waals surface area contributed by atoms with E-state index in [1.165, 1.54) is 14.1 Å². The predicted molar refractivity (Wildman–Crippen MR) is 37.2 cm³/mol. The Morgan fingerprint density at radius 3 is 2.18 bits per heavy atom. The zero-order valence-corrected chi connectivity index (χ0v) is 7.36. The Kier molecular flexibility index (Phi) is 3.63. The minimum atomic E-state index is -4.46. The Labute approximate surface area is 64.8 Å². The molecular weight excluding hydrogens is 173 g/mol. The van der Waals surface area contributed by atoms with Gasteiger partial charge in [0.2, 0.25) is 0 Å². The number of phosphoric acid groups is 1. The van der Waals surface area contributed by atoms with Crippen LogP contribution in [0.1, 0.15) is 0 Å². The van der Waals surface area contributed by atoms with Crippen molar-refractivity contribution in [2.24, 2.45) is 0 Å². The van der Waals surface area contributed by atoms with E-state index in [9.17, 15) is 4.57 Å². The predicted octanol–water partition coefficient (Wildman–Crippen LogP) is -0.921. The van der Waals surface area contributed by atoms with Crippen molar-refractivity contribution in [3.05, 3.63) is 0 Å². The van der Waals surface area contributed by atoms with Crippen molar-refractivity contribution >= 4 is 7.82 Å². The van der Waals surface area contributed by atoms with Gasteiger partial charge in [-0.1, -0.05) is 4.62 Å². The monoisotopic (exact) mass is 186 g/mol. The van der Waals surface area contributed by atoms with E-state index < -0.39 is 7.82 Å². The normalized spacial score (nSPS) is 13.5. The second kappa shape index (κ2) is 3.62. The Morgan fingerprint density at radius 2 is 1.91 bits per heavy atom. The van der Waals surface area contributed by atoms with Crippen molar-refractivity contribution in [2.75, 3.05) is 27.2 Å². The Morgan fingerprint density at radius 1 is 1.45 bits per heavy atom. The summed E-state index contributed by atoms with van der Waals surface area (Å²) in [5.74, 6) is 0. The zero-order chi connectivity index (χ0) is 9.12. The first-order chi connectivity index (χ1) is 4.77. The fourth-order valence-electron chi connectivity index (χ4n) is 0.570. The van der Waals surface area contributed by atoms with Crippen LogP contribution >= 0.6 is 7.82 Å². The van der Waals surface area contributed by atoms with Crippen LogP contribution in [0.25, 0.3) is 0 Å². The van der Waals surface area contributed by atoms with Crippen LogP contribution in [0, 0.1) is 0 Å². The highest BCUT2D eigenvalue weighted by Gasteiger charge is 2.29. The molecule has 7 heteroatoms. The van der Waals surface area contributed by atoms with Crippen LogP contribution in [0.15, 0.2) is 0 Å². The van der Waals surface area contributed by atoms with E-state index in [-0.39, 0.29) is 17.8 Å². The molecule has 0 spiro atoms. The molecule has 0 saturated carbocycles. The van der Waals surface area contributed by atoms with Gasteiger partial charge in [0.15, 0.2) is 0 Å². The molecule has 0 bridgehead atoms. The first-order valence-corrected chi connectivity index (χ1v) is 4.50.